The number of hydrogen-bond acceptors (Lipinski definition) is 4. The average molecular weight is 403 g/mol. The molecule has 5 nitrogen and oxygen atoms in total. The van der Waals surface area contributed by atoms with E-state index in [1.807, 2.05) is 12.1 Å². The van der Waals surface area contributed by atoms with Crippen LogP contribution in [0.1, 0.15) is 27.6 Å². The molecule has 0 aliphatic heterocycles. The van der Waals surface area contributed by atoms with Gasteiger partial charge in [0.25, 0.3) is 5.91 Å². The Morgan fingerprint density at radius 1 is 1.28 bits per heavy atom. The van der Waals surface area contributed by atoms with Crippen molar-refractivity contribution in [1.29, 1.82) is 0 Å². The van der Waals surface area contributed by atoms with E-state index in [0.29, 0.717) is 9.90 Å². The summed E-state index contributed by atoms with van der Waals surface area (Å²) in [6.45, 7) is 0.238. The van der Waals surface area contributed by atoms with Crippen molar-refractivity contribution in [2.24, 2.45) is 5.73 Å². The molecule has 1 atom stereocenters. The lowest BCUT2D eigenvalue weighted by molar-refractivity contribution is -0.137. The van der Waals surface area contributed by atoms with Crippen LogP contribution in [-0.2, 0) is 4.79 Å². The number of thiophene rings is 1. The van der Waals surface area contributed by atoms with Gasteiger partial charge >= 0.3 is 5.97 Å². The smallest absolute Gasteiger partial charge is 0.304 e. The largest absolute Gasteiger partial charge is 0.481 e. The fourth-order valence-corrected chi connectivity index (χ4v) is 3.68. The number of halogens is 2. The lowest BCUT2D eigenvalue weighted by Crippen LogP contribution is -2.20. The van der Waals surface area contributed by atoms with Crippen molar-refractivity contribution in [3.8, 4) is 10.4 Å². The number of aliphatic carboxylic acids is 1. The minimum absolute atomic E-state index is 0. The van der Waals surface area contributed by atoms with Gasteiger partial charge in [0, 0.05) is 35.5 Å². The molecule has 0 spiro atoms. The Hall–Kier alpha value is -1.60. The highest BCUT2D eigenvalue weighted by molar-refractivity contribution is 7.17. The predicted molar refractivity (Wildman–Crippen MR) is 104 cm³/mol. The van der Waals surface area contributed by atoms with Gasteiger partial charge in [-0.25, -0.2) is 0 Å². The van der Waals surface area contributed by atoms with E-state index in [4.69, 9.17) is 22.4 Å². The Morgan fingerprint density at radius 3 is 2.52 bits per heavy atom. The van der Waals surface area contributed by atoms with E-state index >= 15 is 0 Å². The lowest BCUT2D eigenvalue weighted by Gasteiger charge is -2.14. The molecule has 1 heterocycles. The van der Waals surface area contributed by atoms with Gasteiger partial charge in [0.2, 0.25) is 0 Å². The minimum atomic E-state index is -0.892. The van der Waals surface area contributed by atoms with Crippen LogP contribution < -0.4 is 5.73 Å². The molecule has 1 aromatic carbocycles. The molecule has 1 amide bonds. The van der Waals surface area contributed by atoms with Crippen LogP contribution in [0, 0.1) is 0 Å². The first-order valence-corrected chi connectivity index (χ1v) is 8.56. The van der Waals surface area contributed by atoms with Crippen molar-refractivity contribution in [2.75, 3.05) is 20.6 Å². The van der Waals surface area contributed by atoms with Crippen LogP contribution in [0.5, 0.6) is 0 Å². The first kappa shape index (κ1) is 21.4. The molecule has 8 heteroatoms. The lowest BCUT2D eigenvalue weighted by atomic mass is 9.94. The summed E-state index contributed by atoms with van der Waals surface area (Å²) in [7, 11) is 3.40. The number of nitrogens with two attached hydrogens (primary N) is 1. The third-order valence-corrected chi connectivity index (χ3v) is 5.09. The van der Waals surface area contributed by atoms with E-state index in [0.717, 1.165) is 16.0 Å². The van der Waals surface area contributed by atoms with Gasteiger partial charge in [-0.3, -0.25) is 9.59 Å². The van der Waals surface area contributed by atoms with E-state index < -0.39 is 5.97 Å². The molecule has 0 aliphatic rings. The molecule has 0 bridgehead atoms. The maximum Gasteiger partial charge on any atom is 0.304 e. The normalized spacial score (nSPS) is 11.5. The zero-order valence-corrected chi connectivity index (χ0v) is 16.2. The first-order chi connectivity index (χ1) is 11.3. The Balaban J connectivity index is 0.00000312. The number of rotatable bonds is 6. The molecular formula is C17H20Cl2N2O3S. The second-order valence-corrected chi connectivity index (χ2v) is 7.12. The van der Waals surface area contributed by atoms with Crippen LogP contribution in [-0.4, -0.2) is 42.5 Å². The Morgan fingerprint density at radius 2 is 1.96 bits per heavy atom. The summed E-state index contributed by atoms with van der Waals surface area (Å²) in [6, 6.07) is 9.01. The van der Waals surface area contributed by atoms with Gasteiger partial charge in [0.15, 0.2) is 0 Å². The number of nitrogens with zero attached hydrogens (tertiary/aromatic N) is 1. The van der Waals surface area contributed by atoms with E-state index in [-0.39, 0.29) is 37.2 Å². The van der Waals surface area contributed by atoms with Crippen molar-refractivity contribution < 1.29 is 14.7 Å². The summed E-state index contributed by atoms with van der Waals surface area (Å²) in [5, 5.41) is 9.56. The van der Waals surface area contributed by atoms with Crippen molar-refractivity contribution in [1.82, 2.24) is 4.90 Å². The summed E-state index contributed by atoms with van der Waals surface area (Å²) < 4.78 is 0. The molecule has 2 aromatic rings. The second kappa shape index (κ2) is 9.20. The maximum atomic E-state index is 12.0. The quantitative estimate of drug-likeness (QED) is 0.770. The SMILES string of the molecule is CN(C)C(=O)c1ccc(-c2cc([C@H](CN)CC(=O)O)ccc2Cl)s1.Cl. The van der Waals surface area contributed by atoms with E-state index in [1.54, 1.807) is 32.3 Å². The number of benzene rings is 1. The fourth-order valence-electron chi connectivity index (χ4n) is 2.35. The number of amides is 1. The van der Waals surface area contributed by atoms with Gasteiger partial charge in [0.1, 0.15) is 0 Å². The molecule has 0 radical (unpaired) electrons. The van der Waals surface area contributed by atoms with Gasteiger partial charge in [0.05, 0.1) is 11.3 Å². The van der Waals surface area contributed by atoms with Gasteiger partial charge in [-0.15, -0.1) is 23.7 Å². The van der Waals surface area contributed by atoms with Crippen molar-refractivity contribution in [3.05, 3.63) is 45.8 Å². The molecule has 0 unspecified atom stereocenters. The zero-order valence-electron chi connectivity index (χ0n) is 13.9. The van der Waals surface area contributed by atoms with Crippen LogP contribution in [0.2, 0.25) is 5.02 Å². The van der Waals surface area contributed by atoms with E-state index in [9.17, 15) is 9.59 Å². The number of carboxylic acid groups (broad SMARTS) is 1. The standard InChI is InChI=1S/C17H19ClN2O3S.ClH/c1-20(2)17(23)15-6-5-14(24-15)12-7-10(3-4-13(12)18)11(9-19)8-16(21)22;/h3-7,11H,8-9,19H2,1-2H3,(H,21,22);1H/t11-;/m0./s1. The molecule has 0 fully saturated rings. The average Bonchev–Trinajstić information content (AvgIpc) is 3.01. The molecule has 25 heavy (non-hydrogen) atoms. The number of carbonyl (C=O) groups is 2. The van der Waals surface area contributed by atoms with Gasteiger partial charge in [-0.05, 0) is 36.4 Å². The van der Waals surface area contributed by atoms with Crippen LogP contribution in [0.4, 0.5) is 0 Å². The summed E-state index contributed by atoms with van der Waals surface area (Å²) in [6.07, 6.45) is -0.0353. The highest BCUT2D eigenvalue weighted by Gasteiger charge is 2.18. The predicted octanol–water partition coefficient (Wildman–Crippen LogP) is 3.71. The molecule has 3 N–H and O–H groups in total. The van der Waals surface area contributed by atoms with E-state index in [2.05, 4.69) is 0 Å². The summed E-state index contributed by atoms with van der Waals surface area (Å²) in [4.78, 5) is 26.0. The molecule has 1 aromatic heterocycles. The molecule has 0 saturated heterocycles. The van der Waals surface area contributed by atoms with Crippen molar-refractivity contribution in [2.45, 2.75) is 12.3 Å². The zero-order chi connectivity index (χ0) is 17.9. The third kappa shape index (κ3) is 5.19. The molecule has 136 valence electrons. The molecule has 0 aliphatic carbocycles. The topological polar surface area (TPSA) is 83.6 Å². The Labute approximate surface area is 161 Å². The summed E-state index contributed by atoms with van der Waals surface area (Å²) >= 11 is 7.65. The number of carboxylic acids is 1. The van der Waals surface area contributed by atoms with Crippen LogP contribution in [0.25, 0.3) is 10.4 Å². The van der Waals surface area contributed by atoms with Gasteiger partial charge < -0.3 is 15.7 Å². The first-order valence-electron chi connectivity index (χ1n) is 7.36. The van der Waals surface area contributed by atoms with Gasteiger partial charge in [-0.1, -0.05) is 17.7 Å². The van der Waals surface area contributed by atoms with Gasteiger partial charge in [-0.2, -0.15) is 0 Å². The van der Waals surface area contributed by atoms with E-state index in [1.165, 1.54) is 16.2 Å². The third-order valence-electron chi connectivity index (χ3n) is 3.66. The Kier molecular flexibility index (Phi) is 7.89. The number of hydrogen-bond donors (Lipinski definition) is 2. The fraction of sp³-hybridized carbons (Fsp3) is 0.294. The Bertz CT molecular complexity index is 762. The summed E-state index contributed by atoms with van der Waals surface area (Å²) in [5.41, 5.74) is 7.32. The second-order valence-electron chi connectivity index (χ2n) is 5.63. The number of carbonyl (C=O) groups excluding carboxylic acids is 1. The minimum Gasteiger partial charge on any atom is -0.481 e. The summed E-state index contributed by atoms with van der Waals surface area (Å²) in [5.74, 6) is -1.23. The van der Waals surface area contributed by atoms with Crippen LogP contribution >= 0.6 is 35.3 Å². The van der Waals surface area contributed by atoms with Crippen LogP contribution in [0.15, 0.2) is 30.3 Å². The molecular weight excluding hydrogens is 383 g/mol. The molecule has 0 saturated carbocycles. The maximum absolute atomic E-state index is 12.0. The highest BCUT2D eigenvalue weighted by Crippen LogP contribution is 2.36. The van der Waals surface area contributed by atoms with Crippen molar-refractivity contribution >= 4 is 47.2 Å². The molecule has 2 rings (SSSR count). The van der Waals surface area contributed by atoms with Crippen LogP contribution in [0.3, 0.4) is 0 Å². The monoisotopic (exact) mass is 402 g/mol. The van der Waals surface area contributed by atoms with Crippen molar-refractivity contribution in [3.63, 3.8) is 0 Å². The highest BCUT2D eigenvalue weighted by atomic mass is 35.5.